The Labute approximate surface area is 99.3 Å². The lowest BCUT2D eigenvalue weighted by atomic mass is 10.1. The van der Waals surface area contributed by atoms with E-state index >= 15 is 0 Å². The third kappa shape index (κ3) is 4.04. The second kappa shape index (κ2) is 5.15. The van der Waals surface area contributed by atoms with Gasteiger partial charge in [-0.2, -0.15) is 4.72 Å². The van der Waals surface area contributed by atoms with Crippen LogP contribution in [0.3, 0.4) is 0 Å². The minimum Gasteiger partial charge on any atom is -0.497 e. The highest BCUT2D eigenvalue weighted by atomic mass is 32.2. The van der Waals surface area contributed by atoms with Gasteiger partial charge in [-0.3, -0.25) is 4.79 Å². The van der Waals surface area contributed by atoms with E-state index < -0.39 is 22.0 Å². The fraction of sp³-hybridized carbons (Fsp3) is 0.300. The highest BCUT2D eigenvalue weighted by molar-refractivity contribution is 7.88. The molecule has 1 unspecified atom stereocenters. The van der Waals surface area contributed by atoms with Crippen LogP contribution < -0.4 is 9.46 Å². The fourth-order valence-electron chi connectivity index (χ4n) is 1.30. The SMILES string of the molecule is COc1cccc(C(NS(C)(=O)=O)C(=O)O)c1. The number of sulfonamides is 1. The Balaban J connectivity index is 3.09. The topological polar surface area (TPSA) is 92.7 Å². The molecule has 0 saturated heterocycles. The molecule has 1 aromatic rings. The molecule has 0 bridgehead atoms. The first kappa shape index (κ1) is 13.5. The molecule has 2 N–H and O–H groups in total. The summed E-state index contributed by atoms with van der Waals surface area (Å²) in [6, 6.07) is 4.90. The van der Waals surface area contributed by atoms with Gasteiger partial charge in [-0.1, -0.05) is 12.1 Å². The van der Waals surface area contributed by atoms with Gasteiger partial charge in [0.25, 0.3) is 0 Å². The van der Waals surface area contributed by atoms with Crippen molar-refractivity contribution >= 4 is 16.0 Å². The number of ether oxygens (including phenoxy) is 1. The molecule has 1 rings (SSSR count). The van der Waals surface area contributed by atoms with Crippen LogP contribution in [0.4, 0.5) is 0 Å². The Morgan fingerprint density at radius 3 is 2.59 bits per heavy atom. The van der Waals surface area contributed by atoms with Crippen molar-refractivity contribution in [3.8, 4) is 5.75 Å². The summed E-state index contributed by atoms with van der Waals surface area (Å²) in [5.41, 5.74) is 0.308. The minimum atomic E-state index is -3.61. The van der Waals surface area contributed by atoms with Crippen molar-refractivity contribution in [1.29, 1.82) is 0 Å². The summed E-state index contributed by atoms with van der Waals surface area (Å²) in [7, 11) is -2.16. The zero-order valence-corrected chi connectivity index (χ0v) is 10.2. The van der Waals surface area contributed by atoms with Gasteiger partial charge in [0.15, 0.2) is 0 Å². The van der Waals surface area contributed by atoms with Gasteiger partial charge in [-0.05, 0) is 17.7 Å². The van der Waals surface area contributed by atoms with E-state index in [2.05, 4.69) is 0 Å². The average molecular weight is 259 g/mol. The van der Waals surface area contributed by atoms with Crippen molar-refractivity contribution in [3.05, 3.63) is 29.8 Å². The molecule has 94 valence electrons. The first-order valence-corrected chi connectivity index (χ1v) is 6.56. The highest BCUT2D eigenvalue weighted by Crippen LogP contribution is 2.19. The van der Waals surface area contributed by atoms with E-state index in [1.165, 1.54) is 19.2 Å². The van der Waals surface area contributed by atoms with E-state index in [0.717, 1.165) is 6.26 Å². The predicted molar refractivity (Wildman–Crippen MR) is 61.4 cm³/mol. The van der Waals surface area contributed by atoms with Crippen molar-refractivity contribution in [1.82, 2.24) is 4.72 Å². The van der Waals surface area contributed by atoms with Gasteiger partial charge in [-0.15, -0.1) is 0 Å². The van der Waals surface area contributed by atoms with Crippen LogP contribution in [-0.2, 0) is 14.8 Å². The maximum Gasteiger partial charge on any atom is 0.326 e. The van der Waals surface area contributed by atoms with Gasteiger partial charge < -0.3 is 9.84 Å². The number of hydrogen-bond donors (Lipinski definition) is 2. The Morgan fingerprint density at radius 1 is 1.47 bits per heavy atom. The van der Waals surface area contributed by atoms with Crippen LogP contribution in [0.5, 0.6) is 5.75 Å². The van der Waals surface area contributed by atoms with Gasteiger partial charge in [0.1, 0.15) is 11.8 Å². The van der Waals surface area contributed by atoms with Gasteiger partial charge in [0.05, 0.1) is 13.4 Å². The standard InChI is InChI=1S/C10H13NO5S/c1-16-8-5-3-4-7(6-8)9(10(12)13)11-17(2,14)15/h3-6,9,11H,1-2H3,(H,12,13). The number of nitrogens with one attached hydrogen (secondary N) is 1. The smallest absolute Gasteiger partial charge is 0.326 e. The number of aliphatic carboxylic acids is 1. The van der Waals surface area contributed by atoms with Gasteiger partial charge in [0, 0.05) is 0 Å². The van der Waals surface area contributed by atoms with E-state index in [-0.39, 0.29) is 0 Å². The summed E-state index contributed by atoms with van der Waals surface area (Å²) >= 11 is 0. The van der Waals surface area contributed by atoms with Gasteiger partial charge in [0.2, 0.25) is 10.0 Å². The summed E-state index contributed by atoms with van der Waals surface area (Å²) < 4.78 is 29.1. The molecule has 0 radical (unpaired) electrons. The molecule has 6 nitrogen and oxygen atoms in total. The number of benzene rings is 1. The second-order valence-electron chi connectivity index (χ2n) is 3.44. The maximum absolute atomic E-state index is 11.1. The van der Waals surface area contributed by atoms with Crippen LogP contribution in [0, 0.1) is 0 Å². The van der Waals surface area contributed by atoms with Crippen molar-refractivity contribution < 1.29 is 23.1 Å². The average Bonchev–Trinajstić information content (AvgIpc) is 2.24. The second-order valence-corrected chi connectivity index (χ2v) is 5.22. The molecule has 7 heteroatoms. The van der Waals surface area contributed by atoms with E-state index in [1.54, 1.807) is 12.1 Å². The molecule has 0 aliphatic carbocycles. The first-order chi connectivity index (χ1) is 7.83. The molecule has 1 atom stereocenters. The number of carboxylic acids is 1. The number of carboxylic acid groups (broad SMARTS) is 1. The Bertz CT molecular complexity index is 511. The van der Waals surface area contributed by atoms with Crippen LogP contribution in [0.1, 0.15) is 11.6 Å². The largest absolute Gasteiger partial charge is 0.497 e. The van der Waals surface area contributed by atoms with Crippen molar-refractivity contribution in [2.45, 2.75) is 6.04 Å². The molecule has 0 aliphatic heterocycles. The zero-order chi connectivity index (χ0) is 13.1. The molecule has 1 aromatic carbocycles. The van der Waals surface area contributed by atoms with Gasteiger partial charge >= 0.3 is 5.97 Å². The maximum atomic E-state index is 11.1. The van der Waals surface area contributed by atoms with Crippen LogP contribution in [0.15, 0.2) is 24.3 Å². The summed E-state index contributed by atoms with van der Waals surface area (Å²) in [4.78, 5) is 11.0. The monoisotopic (exact) mass is 259 g/mol. The summed E-state index contributed by atoms with van der Waals surface area (Å²) in [6.07, 6.45) is 0.906. The number of rotatable bonds is 5. The normalized spacial score (nSPS) is 13.1. The van der Waals surface area contributed by atoms with Crippen molar-refractivity contribution in [2.75, 3.05) is 13.4 Å². The molecule has 0 aromatic heterocycles. The quantitative estimate of drug-likeness (QED) is 0.797. The molecule has 0 amide bonds. The minimum absolute atomic E-state index is 0.308. The van der Waals surface area contributed by atoms with Crippen molar-refractivity contribution in [3.63, 3.8) is 0 Å². The zero-order valence-electron chi connectivity index (χ0n) is 9.38. The lowest BCUT2D eigenvalue weighted by Crippen LogP contribution is -2.32. The summed E-state index contributed by atoms with van der Waals surface area (Å²) in [5.74, 6) is -0.812. The number of hydrogen-bond acceptors (Lipinski definition) is 4. The van der Waals surface area contributed by atoms with Crippen molar-refractivity contribution in [2.24, 2.45) is 0 Å². The molecule has 0 spiro atoms. The fourth-order valence-corrected chi connectivity index (χ4v) is 1.96. The molecule has 0 fully saturated rings. The summed E-state index contributed by atoms with van der Waals surface area (Å²) in [5, 5.41) is 8.99. The molecular weight excluding hydrogens is 246 g/mol. The molecule has 0 aliphatic rings. The van der Waals surface area contributed by atoms with E-state index in [4.69, 9.17) is 9.84 Å². The third-order valence-corrected chi connectivity index (χ3v) is 2.67. The highest BCUT2D eigenvalue weighted by Gasteiger charge is 2.23. The molecule has 0 heterocycles. The number of methoxy groups -OCH3 is 1. The lowest BCUT2D eigenvalue weighted by Gasteiger charge is -2.14. The summed E-state index contributed by atoms with van der Waals surface area (Å²) in [6.45, 7) is 0. The van der Waals surface area contributed by atoms with E-state index in [1.807, 2.05) is 4.72 Å². The third-order valence-electron chi connectivity index (χ3n) is 2.01. The molecule has 0 saturated carbocycles. The van der Waals surface area contributed by atoms with Gasteiger partial charge in [-0.25, -0.2) is 8.42 Å². The van der Waals surface area contributed by atoms with Crippen LogP contribution in [0.25, 0.3) is 0 Å². The van der Waals surface area contributed by atoms with Crippen LogP contribution in [-0.4, -0.2) is 32.9 Å². The molecular formula is C10H13NO5S. The van der Waals surface area contributed by atoms with E-state index in [0.29, 0.717) is 11.3 Å². The number of carbonyl (C=O) groups is 1. The molecule has 17 heavy (non-hydrogen) atoms. The predicted octanol–water partition coefficient (Wildman–Crippen LogP) is 0.370. The van der Waals surface area contributed by atoms with E-state index in [9.17, 15) is 13.2 Å². The first-order valence-electron chi connectivity index (χ1n) is 4.67. The Morgan fingerprint density at radius 2 is 2.12 bits per heavy atom. The van der Waals surface area contributed by atoms with Crippen LogP contribution >= 0.6 is 0 Å². The lowest BCUT2D eigenvalue weighted by molar-refractivity contribution is -0.139. The Hall–Kier alpha value is -1.60. The van der Waals surface area contributed by atoms with Crippen LogP contribution in [0.2, 0.25) is 0 Å². The Kier molecular flexibility index (Phi) is 4.08.